The van der Waals surface area contributed by atoms with Crippen LogP contribution in [0.2, 0.25) is 0 Å². The van der Waals surface area contributed by atoms with Gasteiger partial charge in [0.1, 0.15) is 18.1 Å². The molecule has 0 saturated heterocycles. The number of hydrogen-bond donors (Lipinski definition) is 2. The van der Waals surface area contributed by atoms with Crippen LogP contribution in [-0.4, -0.2) is 56.5 Å². The van der Waals surface area contributed by atoms with Crippen LogP contribution in [0.15, 0.2) is 18.2 Å². The number of likely N-dealkylation sites (N-methyl/N-ethyl adjacent to an activating group) is 1. The van der Waals surface area contributed by atoms with E-state index in [1.807, 2.05) is 18.2 Å². The van der Waals surface area contributed by atoms with E-state index in [2.05, 4.69) is 24.1 Å². The predicted octanol–water partition coefficient (Wildman–Crippen LogP) is 1.50. The predicted molar refractivity (Wildman–Crippen MR) is 85.1 cm³/mol. The first-order valence-electron chi connectivity index (χ1n) is 7.58. The van der Waals surface area contributed by atoms with Crippen LogP contribution in [0.5, 0.6) is 11.5 Å². The Morgan fingerprint density at radius 1 is 1.24 bits per heavy atom. The summed E-state index contributed by atoms with van der Waals surface area (Å²) in [5, 5.41) is 12.0. The molecule has 0 aliphatic rings. The average Bonchev–Trinajstić information content (AvgIpc) is 2.52. The summed E-state index contributed by atoms with van der Waals surface area (Å²) in [6.07, 6.45) is 0. The molecular formula is C16H28N2O3. The summed E-state index contributed by atoms with van der Waals surface area (Å²) in [6, 6.07) is 5.83. The number of methoxy groups -OCH3 is 1. The molecule has 0 bridgehead atoms. The van der Waals surface area contributed by atoms with Crippen molar-refractivity contribution < 1.29 is 14.6 Å². The summed E-state index contributed by atoms with van der Waals surface area (Å²) < 4.78 is 11.2. The highest BCUT2D eigenvalue weighted by molar-refractivity contribution is 5.40. The minimum atomic E-state index is 0.133. The van der Waals surface area contributed by atoms with Crippen LogP contribution in [0, 0.1) is 0 Å². The van der Waals surface area contributed by atoms with Crippen molar-refractivity contribution in [1.29, 1.82) is 0 Å². The van der Waals surface area contributed by atoms with E-state index in [0.29, 0.717) is 19.7 Å². The molecule has 0 heterocycles. The standard InChI is InChI=1S/C16H28N2O3/c1-4-18(5-2)9-11-21-16-12-15(20-3)7-6-14(16)13-17-8-10-19/h6-7,12,17,19H,4-5,8-11,13H2,1-3H3. The summed E-state index contributed by atoms with van der Waals surface area (Å²) in [5.74, 6) is 1.63. The van der Waals surface area contributed by atoms with Gasteiger partial charge in [0, 0.05) is 31.3 Å². The van der Waals surface area contributed by atoms with Crippen LogP contribution in [0.1, 0.15) is 19.4 Å². The van der Waals surface area contributed by atoms with Crippen molar-refractivity contribution in [1.82, 2.24) is 10.2 Å². The fourth-order valence-electron chi connectivity index (χ4n) is 2.07. The number of nitrogens with one attached hydrogen (secondary N) is 1. The van der Waals surface area contributed by atoms with Gasteiger partial charge in [-0.3, -0.25) is 0 Å². The van der Waals surface area contributed by atoms with Crippen LogP contribution in [0.4, 0.5) is 0 Å². The SMILES string of the molecule is CCN(CC)CCOc1cc(OC)ccc1CNCCO. The highest BCUT2D eigenvalue weighted by Crippen LogP contribution is 2.24. The first kappa shape index (κ1) is 17.8. The zero-order valence-electron chi connectivity index (χ0n) is 13.4. The van der Waals surface area contributed by atoms with Crippen molar-refractivity contribution >= 4 is 0 Å². The number of benzene rings is 1. The average molecular weight is 296 g/mol. The van der Waals surface area contributed by atoms with Crippen molar-refractivity contribution in [2.45, 2.75) is 20.4 Å². The van der Waals surface area contributed by atoms with Crippen LogP contribution < -0.4 is 14.8 Å². The second-order valence-electron chi connectivity index (χ2n) is 4.75. The normalized spacial score (nSPS) is 10.9. The van der Waals surface area contributed by atoms with E-state index in [-0.39, 0.29) is 6.61 Å². The number of rotatable bonds is 11. The number of aliphatic hydroxyl groups excluding tert-OH is 1. The smallest absolute Gasteiger partial charge is 0.127 e. The third-order valence-electron chi connectivity index (χ3n) is 3.44. The van der Waals surface area contributed by atoms with Gasteiger partial charge in [0.25, 0.3) is 0 Å². The largest absolute Gasteiger partial charge is 0.497 e. The number of nitrogens with zero attached hydrogens (tertiary/aromatic N) is 1. The molecule has 120 valence electrons. The fraction of sp³-hybridized carbons (Fsp3) is 0.625. The maximum Gasteiger partial charge on any atom is 0.127 e. The highest BCUT2D eigenvalue weighted by Gasteiger charge is 2.07. The van der Waals surface area contributed by atoms with Gasteiger partial charge in [-0.1, -0.05) is 19.9 Å². The molecule has 1 aromatic rings. The lowest BCUT2D eigenvalue weighted by Crippen LogP contribution is -2.28. The van der Waals surface area contributed by atoms with Gasteiger partial charge in [-0.25, -0.2) is 0 Å². The van der Waals surface area contributed by atoms with Crippen LogP contribution >= 0.6 is 0 Å². The van der Waals surface area contributed by atoms with E-state index >= 15 is 0 Å². The Hall–Kier alpha value is -1.30. The van der Waals surface area contributed by atoms with Gasteiger partial charge in [-0.2, -0.15) is 0 Å². The number of hydrogen-bond acceptors (Lipinski definition) is 5. The van der Waals surface area contributed by atoms with Crippen molar-refractivity contribution in [2.24, 2.45) is 0 Å². The zero-order valence-corrected chi connectivity index (χ0v) is 13.4. The Kier molecular flexibility index (Phi) is 8.82. The molecule has 0 unspecified atom stereocenters. The molecular weight excluding hydrogens is 268 g/mol. The van der Waals surface area contributed by atoms with E-state index in [9.17, 15) is 0 Å². The van der Waals surface area contributed by atoms with Crippen molar-refractivity contribution in [3.63, 3.8) is 0 Å². The van der Waals surface area contributed by atoms with Gasteiger partial charge in [-0.05, 0) is 19.2 Å². The maximum absolute atomic E-state index is 8.83. The van der Waals surface area contributed by atoms with Crippen molar-refractivity contribution in [3.8, 4) is 11.5 Å². The molecule has 5 nitrogen and oxygen atoms in total. The van der Waals surface area contributed by atoms with Gasteiger partial charge in [0.05, 0.1) is 13.7 Å². The summed E-state index contributed by atoms with van der Waals surface area (Å²) >= 11 is 0. The lowest BCUT2D eigenvalue weighted by atomic mass is 10.2. The quantitative estimate of drug-likeness (QED) is 0.606. The zero-order chi connectivity index (χ0) is 15.5. The van der Waals surface area contributed by atoms with E-state index in [1.165, 1.54) is 0 Å². The molecule has 5 heteroatoms. The van der Waals surface area contributed by atoms with E-state index in [0.717, 1.165) is 36.7 Å². The van der Waals surface area contributed by atoms with E-state index in [1.54, 1.807) is 7.11 Å². The summed E-state index contributed by atoms with van der Waals surface area (Å²) in [4.78, 5) is 2.32. The lowest BCUT2D eigenvalue weighted by Gasteiger charge is -2.19. The molecule has 2 N–H and O–H groups in total. The molecule has 0 aromatic heterocycles. The molecule has 0 radical (unpaired) electrons. The number of ether oxygens (including phenoxy) is 2. The Labute approximate surface area is 127 Å². The van der Waals surface area contributed by atoms with Gasteiger partial charge < -0.3 is 24.8 Å². The summed E-state index contributed by atoms with van der Waals surface area (Å²) in [6.45, 7) is 9.31. The third kappa shape index (κ3) is 6.33. The van der Waals surface area contributed by atoms with Gasteiger partial charge in [0.2, 0.25) is 0 Å². The maximum atomic E-state index is 8.83. The molecule has 1 rings (SSSR count). The highest BCUT2D eigenvalue weighted by atomic mass is 16.5. The second-order valence-corrected chi connectivity index (χ2v) is 4.75. The molecule has 0 spiro atoms. The van der Waals surface area contributed by atoms with Crippen molar-refractivity contribution in [2.75, 3.05) is 46.5 Å². The topological polar surface area (TPSA) is 54.0 Å². The van der Waals surface area contributed by atoms with Gasteiger partial charge in [-0.15, -0.1) is 0 Å². The van der Waals surface area contributed by atoms with Crippen LogP contribution in [0.25, 0.3) is 0 Å². The molecule has 0 aliphatic heterocycles. The Bertz CT molecular complexity index is 395. The molecule has 0 saturated carbocycles. The Balaban J connectivity index is 2.62. The van der Waals surface area contributed by atoms with Crippen LogP contribution in [-0.2, 0) is 6.54 Å². The Morgan fingerprint density at radius 3 is 2.62 bits per heavy atom. The minimum Gasteiger partial charge on any atom is -0.497 e. The van der Waals surface area contributed by atoms with Gasteiger partial charge >= 0.3 is 0 Å². The van der Waals surface area contributed by atoms with Gasteiger partial charge in [0.15, 0.2) is 0 Å². The summed E-state index contributed by atoms with van der Waals surface area (Å²) in [5.41, 5.74) is 1.07. The second kappa shape index (κ2) is 10.4. The van der Waals surface area contributed by atoms with E-state index < -0.39 is 0 Å². The molecule has 0 aliphatic carbocycles. The first-order chi connectivity index (χ1) is 10.2. The lowest BCUT2D eigenvalue weighted by molar-refractivity contribution is 0.220. The molecule has 0 atom stereocenters. The monoisotopic (exact) mass is 296 g/mol. The minimum absolute atomic E-state index is 0.133. The molecule has 1 aromatic carbocycles. The number of aliphatic hydroxyl groups is 1. The van der Waals surface area contributed by atoms with Crippen LogP contribution in [0.3, 0.4) is 0 Å². The molecule has 0 fully saturated rings. The fourth-order valence-corrected chi connectivity index (χ4v) is 2.07. The molecule has 0 amide bonds. The van der Waals surface area contributed by atoms with E-state index in [4.69, 9.17) is 14.6 Å². The molecule has 21 heavy (non-hydrogen) atoms. The first-order valence-corrected chi connectivity index (χ1v) is 7.58. The summed E-state index contributed by atoms with van der Waals surface area (Å²) in [7, 11) is 1.65. The van der Waals surface area contributed by atoms with Crippen molar-refractivity contribution in [3.05, 3.63) is 23.8 Å². The Morgan fingerprint density at radius 2 is 2.00 bits per heavy atom. The third-order valence-corrected chi connectivity index (χ3v) is 3.44.